The van der Waals surface area contributed by atoms with E-state index in [9.17, 15) is 4.79 Å². The van der Waals surface area contributed by atoms with Gasteiger partial charge in [0, 0.05) is 50.4 Å². The van der Waals surface area contributed by atoms with Gasteiger partial charge in [-0.05, 0) is 57.0 Å². The molecule has 5 nitrogen and oxygen atoms in total. The van der Waals surface area contributed by atoms with Crippen LogP contribution in [0.5, 0.6) is 5.75 Å². The van der Waals surface area contributed by atoms with Crippen molar-refractivity contribution in [2.75, 3.05) is 39.8 Å². The van der Waals surface area contributed by atoms with Crippen molar-refractivity contribution in [2.24, 2.45) is 0 Å². The molecule has 0 spiro atoms. The lowest BCUT2D eigenvalue weighted by atomic mass is 9.90. The van der Waals surface area contributed by atoms with Crippen molar-refractivity contribution in [3.63, 3.8) is 0 Å². The molecule has 1 aliphatic heterocycles. The smallest absolute Gasteiger partial charge is 0.254 e. The summed E-state index contributed by atoms with van der Waals surface area (Å²) in [5.41, 5.74) is 2.98. The van der Waals surface area contributed by atoms with Crippen LogP contribution < -0.4 is 4.74 Å². The van der Waals surface area contributed by atoms with E-state index in [0.717, 1.165) is 42.1 Å². The fourth-order valence-electron chi connectivity index (χ4n) is 4.98. The topological polar surface area (TPSA) is 36.0 Å². The first kappa shape index (κ1) is 25.0. The number of nitrogens with zero attached hydrogens (tertiary/aromatic N) is 3. The molecule has 0 bridgehead atoms. The van der Waals surface area contributed by atoms with Gasteiger partial charge in [-0.1, -0.05) is 36.4 Å². The Hall–Kier alpha value is -2.63. The Kier molecular flexibility index (Phi) is 8.70. The van der Waals surface area contributed by atoms with Crippen LogP contribution in [0.2, 0.25) is 0 Å². The fraction of sp³-hybridized carbons (Fsp3) is 0.464. The number of benzene rings is 2. The standard InChI is InChI=1S/C28H39N3O2/c1-7-17-30-19-22(5)31(20-21(30)4)27(23-13-12-14-24(18-23)33-6)25-15-10-11-16-26(25)28(32)29(8-2)9-3/h7,10-16,18,21-22,27H,1,8-9,17,19-20H2,2-6H3. The highest BCUT2D eigenvalue weighted by atomic mass is 16.5. The zero-order valence-electron chi connectivity index (χ0n) is 20.8. The molecule has 2 aromatic rings. The fourth-order valence-corrected chi connectivity index (χ4v) is 4.98. The van der Waals surface area contributed by atoms with Crippen LogP contribution in [-0.4, -0.2) is 72.5 Å². The number of ether oxygens (including phenoxy) is 1. The number of carbonyl (C=O) groups is 1. The van der Waals surface area contributed by atoms with Gasteiger partial charge in [0.2, 0.25) is 0 Å². The summed E-state index contributed by atoms with van der Waals surface area (Å²) in [6.07, 6.45) is 1.98. The maximum atomic E-state index is 13.5. The van der Waals surface area contributed by atoms with E-state index < -0.39 is 0 Å². The van der Waals surface area contributed by atoms with Crippen LogP contribution in [0.25, 0.3) is 0 Å². The van der Waals surface area contributed by atoms with Gasteiger partial charge in [-0.3, -0.25) is 14.6 Å². The van der Waals surface area contributed by atoms with Gasteiger partial charge in [-0.15, -0.1) is 6.58 Å². The molecule has 1 heterocycles. The summed E-state index contributed by atoms with van der Waals surface area (Å²) in [6.45, 7) is 16.7. The van der Waals surface area contributed by atoms with Gasteiger partial charge < -0.3 is 9.64 Å². The minimum atomic E-state index is -0.0425. The van der Waals surface area contributed by atoms with Gasteiger partial charge >= 0.3 is 0 Å². The van der Waals surface area contributed by atoms with Gasteiger partial charge in [0.15, 0.2) is 0 Å². The number of piperazine rings is 1. The molecule has 3 unspecified atom stereocenters. The predicted molar refractivity (Wildman–Crippen MR) is 136 cm³/mol. The Morgan fingerprint density at radius 3 is 2.52 bits per heavy atom. The molecule has 3 rings (SSSR count). The molecule has 0 saturated carbocycles. The van der Waals surface area contributed by atoms with E-state index in [1.807, 2.05) is 55.2 Å². The molecule has 0 radical (unpaired) electrons. The number of hydrogen-bond donors (Lipinski definition) is 0. The number of amides is 1. The highest BCUT2D eigenvalue weighted by Crippen LogP contribution is 2.36. The molecule has 2 aromatic carbocycles. The molecule has 1 aliphatic rings. The van der Waals surface area contributed by atoms with Crippen molar-refractivity contribution in [1.29, 1.82) is 0 Å². The first-order chi connectivity index (χ1) is 15.9. The highest BCUT2D eigenvalue weighted by molar-refractivity contribution is 5.96. The molecule has 178 valence electrons. The molecule has 1 amide bonds. The second-order valence-electron chi connectivity index (χ2n) is 8.88. The van der Waals surface area contributed by atoms with Crippen molar-refractivity contribution in [1.82, 2.24) is 14.7 Å². The summed E-state index contributed by atoms with van der Waals surface area (Å²) in [6, 6.07) is 17.0. The monoisotopic (exact) mass is 449 g/mol. The number of hydrogen-bond acceptors (Lipinski definition) is 4. The SMILES string of the molecule is C=CCN1CC(C)N(C(c2cccc(OC)c2)c2ccccc2C(=O)N(CC)CC)CC1C. The van der Waals surface area contributed by atoms with Crippen molar-refractivity contribution in [2.45, 2.75) is 45.8 Å². The molecule has 0 aliphatic carbocycles. The van der Waals surface area contributed by atoms with E-state index in [1.165, 1.54) is 0 Å². The molecule has 0 N–H and O–H groups in total. The molecular weight excluding hydrogens is 410 g/mol. The zero-order chi connectivity index (χ0) is 24.0. The quantitative estimate of drug-likeness (QED) is 0.513. The summed E-state index contributed by atoms with van der Waals surface area (Å²) >= 11 is 0. The highest BCUT2D eigenvalue weighted by Gasteiger charge is 2.36. The Bertz CT molecular complexity index is 940. The predicted octanol–water partition coefficient (Wildman–Crippen LogP) is 4.85. The van der Waals surface area contributed by atoms with E-state index in [0.29, 0.717) is 25.2 Å². The molecule has 33 heavy (non-hydrogen) atoms. The van der Waals surface area contributed by atoms with Crippen LogP contribution in [0, 0.1) is 0 Å². The first-order valence-corrected chi connectivity index (χ1v) is 12.1. The van der Waals surface area contributed by atoms with Crippen LogP contribution in [0.4, 0.5) is 0 Å². The van der Waals surface area contributed by atoms with Crippen molar-refractivity contribution in [3.05, 3.63) is 77.9 Å². The maximum absolute atomic E-state index is 13.5. The second-order valence-corrected chi connectivity index (χ2v) is 8.88. The molecular formula is C28H39N3O2. The van der Waals surface area contributed by atoms with Gasteiger partial charge in [0.1, 0.15) is 5.75 Å². The second kappa shape index (κ2) is 11.5. The van der Waals surface area contributed by atoms with Gasteiger partial charge in [0.25, 0.3) is 5.91 Å². The van der Waals surface area contributed by atoms with E-state index in [4.69, 9.17) is 4.74 Å². The number of rotatable bonds is 9. The molecule has 0 aromatic heterocycles. The third kappa shape index (κ3) is 5.48. The Morgan fingerprint density at radius 1 is 1.12 bits per heavy atom. The largest absolute Gasteiger partial charge is 0.497 e. The van der Waals surface area contributed by atoms with E-state index in [-0.39, 0.29) is 11.9 Å². The lowest BCUT2D eigenvalue weighted by Crippen LogP contribution is -2.57. The molecule has 1 fully saturated rings. The van der Waals surface area contributed by atoms with Crippen molar-refractivity contribution < 1.29 is 9.53 Å². The van der Waals surface area contributed by atoms with E-state index in [2.05, 4.69) is 48.4 Å². The molecule has 1 saturated heterocycles. The Labute approximate surface area is 199 Å². The van der Waals surface area contributed by atoms with E-state index in [1.54, 1.807) is 7.11 Å². The summed E-state index contributed by atoms with van der Waals surface area (Å²) in [5, 5.41) is 0. The number of methoxy groups -OCH3 is 1. The normalized spacial score (nSPS) is 20.3. The summed E-state index contributed by atoms with van der Waals surface area (Å²) in [5.74, 6) is 0.922. The third-order valence-electron chi connectivity index (χ3n) is 6.80. The Morgan fingerprint density at radius 2 is 1.85 bits per heavy atom. The maximum Gasteiger partial charge on any atom is 0.254 e. The summed E-state index contributed by atoms with van der Waals surface area (Å²) < 4.78 is 5.56. The van der Waals surface area contributed by atoms with Crippen LogP contribution in [0.1, 0.15) is 55.2 Å². The van der Waals surface area contributed by atoms with Crippen LogP contribution >= 0.6 is 0 Å². The van der Waals surface area contributed by atoms with E-state index >= 15 is 0 Å². The lowest BCUT2D eigenvalue weighted by molar-refractivity contribution is 0.0302. The minimum Gasteiger partial charge on any atom is -0.497 e. The molecule has 5 heteroatoms. The third-order valence-corrected chi connectivity index (χ3v) is 6.80. The Balaban J connectivity index is 2.12. The van der Waals surface area contributed by atoms with Crippen LogP contribution in [0.15, 0.2) is 61.2 Å². The van der Waals surface area contributed by atoms with Gasteiger partial charge in [-0.25, -0.2) is 0 Å². The van der Waals surface area contributed by atoms with Crippen molar-refractivity contribution >= 4 is 5.91 Å². The van der Waals surface area contributed by atoms with Crippen LogP contribution in [-0.2, 0) is 0 Å². The van der Waals surface area contributed by atoms with Gasteiger partial charge in [-0.2, -0.15) is 0 Å². The average molecular weight is 450 g/mol. The minimum absolute atomic E-state index is 0.0425. The molecule has 3 atom stereocenters. The zero-order valence-corrected chi connectivity index (χ0v) is 20.8. The number of carbonyl (C=O) groups excluding carboxylic acids is 1. The first-order valence-electron chi connectivity index (χ1n) is 12.1. The summed E-state index contributed by atoms with van der Waals surface area (Å²) in [4.78, 5) is 20.4. The van der Waals surface area contributed by atoms with Crippen molar-refractivity contribution in [3.8, 4) is 5.75 Å². The lowest BCUT2D eigenvalue weighted by Gasteiger charge is -2.47. The average Bonchev–Trinajstić information content (AvgIpc) is 2.83. The van der Waals surface area contributed by atoms with Gasteiger partial charge in [0.05, 0.1) is 13.2 Å². The summed E-state index contributed by atoms with van der Waals surface area (Å²) in [7, 11) is 1.70. The van der Waals surface area contributed by atoms with Crippen LogP contribution in [0.3, 0.4) is 0 Å².